The maximum Gasteiger partial charge on any atom is 0.339 e. The fourth-order valence-corrected chi connectivity index (χ4v) is 2.06. The van der Waals surface area contributed by atoms with Gasteiger partial charge in [0.25, 0.3) is 0 Å². The molecule has 0 bridgehead atoms. The molecule has 5 nitrogen and oxygen atoms in total. The highest BCUT2D eigenvalue weighted by Crippen LogP contribution is 2.20. The summed E-state index contributed by atoms with van der Waals surface area (Å²) in [5.41, 5.74) is 1.47. The van der Waals surface area contributed by atoms with E-state index < -0.39 is 5.97 Å². The second-order valence-electron chi connectivity index (χ2n) is 4.00. The molecule has 0 aromatic carbocycles. The molecule has 0 aliphatic carbocycles. The zero-order valence-electron chi connectivity index (χ0n) is 10.3. The van der Waals surface area contributed by atoms with Gasteiger partial charge in [0.05, 0.1) is 11.3 Å². The Morgan fingerprint density at radius 3 is 2.79 bits per heavy atom. The van der Waals surface area contributed by atoms with Crippen molar-refractivity contribution >= 4 is 21.9 Å². The number of aromatic carboxylic acids is 1. The van der Waals surface area contributed by atoms with Gasteiger partial charge in [-0.1, -0.05) is 13.3 Å². The Morgan fingerprint density at radius 2 is 2.16 bits per heavy atom. The molecule has 6 heteroatoms. The maximum atomic E-state index is 11.1. The van der Waals surface area contributed by atoms with Crippen LogP contribution in [0.3, 0.4) is 0 Å². The zero-order chi connectivity index (χ0) is 13.8. The minimum Gasteiger partial charge on any atom is -0.478 e. The average Bonchev–Trinajstić information content (AvgIpc) is 2.39. The Labute approximate surface area is 118 Å². The standard InChI is InChI=1S/C13H12BrN3O2/c1-2-3-11-10(13(18)19)7-16-12(17-11)8-4-9(14)6-15-5-8/h4-7H,2-3H2,1H3,(H,18,19). The molecule has 0 aliphatic rings. The van der Waals surface area contributed by atoms with E-state index in [1.54, 1.807) is 12.4 Å². The minimum absolute atomic E-state index is 0.161. The van der Waals surface area contributed by atoms with Crippen molar-refractivity contribution in [2.24, 2.45) is 0 Å². The van der Waals surface area contributed by atoms with E-state index in [0.29, 0.717) is 17.9 Å². The van der Waals surface area contributed by atoms with Gasteiger partial charge in [-0.25, -0.2) is 14.8 Å². The molecule has 98 valence electrons. The Hall–Kier alpha value is -1.82. The molecular weight excluding hydrogens is 310 g/mol. The van der Waals surface area contributed by atoms with E-state index >= 15 is 0 Å². The number of pyridine rings is 1. The third kappa shape index (κ3) is 3.14. The van der Waals surface area contributed by atoms with E-state index in [-0.39, 0.29) is 5.56 Å². The van der Waals surface area contributed by atoms with Crippen LogP contribution in [0.15, 0.2) is 29.1 Å². The molecule has 0 saturated carbocycles. The van der Waals surface area contributed by atoms with Crippen LogP contribution in [-0.4, -0.2) is 26.0 Å². The summed E-state index contributed by atoms with van der Waals surface area (Å²) in [6.07, 6.45) is 6.11. The second kappa shape index (κ2) is 5.88. The van der Waals surface area contributed by atoms with Crippen molar-refractivity contribution in [3.63, 3.8) is 0 Å². The van der Waals surface area contributed by atoms with Crippen molar-refractivity contribution in [2.45, 2.75) is 19.8 Å². The third-order valence-electron chi connectivity index (χ3n) is 2.55. The van der Waals surface area contributed by atoms with Crippen LogP contribution in [0.2, 0.25) is 0 Å². The van der Waals surface area contributed by atoms with Gasteiger partial charge >= 0.3 is 5.97 Å². The van der Waals surface area contributed by atoms with Crippen LogP contribution in [0, 0.1) is 0 Å². The Bertz CT molecular complexity index is 617. The van der Waals surface area contributed by atoms with E-state index in [4.69, 9.17) is 5.11 Å². The van der Waals surface area contributed by atoms with Gasteiger partial charge in [-0.3, -0.25) is 4.98 Å². The molecule has 0 aliphatic heterocycles. The van der Waals surface area contributed by atoms with Crippen molar-refractivity contribution in [3.05, 3.63) is 40.4 Å². The van der Waals surface area contributed by atoms with Gasteiger partial charge in [0.2, 0.25) is 0 Å². The van der Waals surface area contributed by atoms with Gasteiger partial charge in [0, 0.05) is 28.6 Å². The van der Waals surface area contributed by atoms with Crippen molar-refractivity contribution in [1.29, 1.82) is 0 Å². The molecule has 0 unspecified atom stereocenters. The van der Waals surface area contributed by atoms with Gasteiger partial charge in [-0.05, 0) is 28.4 Å². The lowest BCUT2D eigenvalue weighted by Gasteiger charge is -2.06. The predicted molar refractivity (Wildman–Crippen MR) is 73.9 cm³/mol. The first kappa shape index (κ1) is 13.6. The number of aryl methyl sites for hydroxylation is 1. The average molecular weight is 322 g/mol. The van der Waals surface area contributed by atoms with Gasteiger partial charge in [-0.2, -0.15) is 0 Å². The largest absolute Gasteiger partial charge is 0.478 e. The maximum absolute atomic E-state index is 11.1. The van der Waals surface area contributed by atoms with Crippen LogP contribution in [0.1, 0.15) is 29.4 Å². The summed E-state index contributed by atoms with van der Waals surface area (Å²) in [7, 11) is 0. The number of halogens is 1. The van der Waals surface area contributed by atoms with Crippen LogP contribution in [0.4, 0.5) is 0 Å². The number of carbonyl (C=O) groups is 1. The zero-order valence-corrected chi connectivity index (χ0v) is 11.9. The van der Waals surface area contributed by atoms with E-state index in [1.165, 1.54) is 6.20 Å². The summed E-state index contributed by atoms with van der Waals surface area (Å²) in [4.78, 5) is 23.6. The molecule has 1 N–H and O–H groups in total. The van der Waals surface area contributed by atoms with Gasteiger partial charge in [-0.15, -0.1) is 0 Å². The lowest BCUT2D eigenvalue weighted by molar-refractivity contribution is 0.0694. The van der Waals surface area contributed by atoms with Crippen molar-refractivity contribution in [1.82, 2.24) is 15.0 Å². The lowest BCUT2D eigenvalue weighted by Crippen LogP contribution is -2.07. The Morgan fingerprint density at radius 1 is 1.37 bits per heavy atom. The first-order valence-electron chi connectivity index (χ1n) is 5.82. The SMILES string of the molecule is CCCc1nc(-c2cncc(Br)c2)ncc1C(=O)O. The monoisotopic (exact) mass is 321 g/mol. The molecule has 0 saturated heterocycles. The van der Waals surface area contributed by atoms with Crippen LogP contribution in [-0.2, 0) is 6.42 Å². The van der Waals surface area contributed by atoms with Gasteiger partial charge < -0.3 is 5.11 Å². The fraction of sp³-hybridized carbons (Fsp3) is 0.231. The predicted octanol–water partition coefficient (Wildman–Crippen LogP) is 2.95. The van der Waals surface area contributed by atoms with Crippen molar-refractivity contribution < 1.29 is 9.90 Å². The molecular formula is C13H12BrN3O2. The molecule has 2 aromatic rings. The van der Waals surface area contributed by atoms with Crippen molar-refractivity contribution in [3.8, 4) is 11.4 Å². The molecule has 0 fully saturated rings. The first-order chi connectivity index (χ1) is 9.11. The summed E-state index contributed by atoms with van der Waals surface area (Å²) >= 11 is 3.33. The van der Waals surface area contributed by atoms with Crippen molar-refractivity contribution in [2.75, 3.05) is 0 Å². The highest BCUT2D eigenvalue weighted by Gasteiger charge is 2.13. The molecule has 0 spiro atoms. The summed E-state index contributed by atoms with van der Waals surface area (Å²) < 4.78 is 0.827. The number of carboxylic acids is 1. The number of rotatable bonds is 4. The second-order valence-corrected chi connectivity index (χ2v) is 4.92. The summed E-state index contributed by atoms with van der Waals surface area (Å²) in [6, 6.07) is 1.85. The molecule has 0 amide bonds. The molecule has 0 atom stereocenters. The minimum atomic E-state index is -0.998. The normalized spacial score (nSPS) is 10.4. The van der Waals surface area contributed by atoms with E-state index in [1.807, 2.05) is 13.0 Å². The van der Waals surface area contributed by atoms with Crippen LogP contribution >= 0.6 is 15.9 Å². The van der Waals surface area contributed by atoms with Gasteiger partial charge in [0.15, 0.2) is 5.82 Å². The highest BCUT2D eigenvalue weighted by atomic mass is 79.9. The lowest BCUT2D eigenvalue weighted by atomic mass is 10.1. The number of carboxylic acid groups (broad SMARTS) is 1. The Kier molecular flexibility index (Phi) is 4.21. The number of aromatic nitrogens is 3. The van der Waals surface area contributed by atoms with Crippen LogP contribution in [0.5, 0.6) is 0 Å². The van der Waals surface area contributed by atoms with Crippen LogP contribution < -0.4 is 0 Å². The van der Waals surface area contributed by atoms with E-state index in [2.05, 4.69) is 30.9 Å². The summed E-state index contributed by atoms with van der Waals surface area (Å²) in [5, 5.41) is 9.10. The molecule has 19 heavy (non-hydrogen) atoms. The quantitative estimate of drug-likeness (QED) is 0.936. The molecule has 2 rings (SSSR count). The molecule has 2 aromatic heterocycles. The van der Waals surface area contributed by atoms with E-state index in [9.17, 15) is 4.79 Å². The number of nitrogens with zero attached hydrogens (tertiary/aromatic N) is 3. The van der Waals surface area contributed by atoms with Gasteiger partial charge in [0.1, 0.15) is 0 Å². The topological polar surface area (TPSA) is 76.0 Å². The summed E-state index contributed by atoms with van der Waals surface area (Å²) in [6.45, 7) is 1.98. The third-order valence-corrected chi connectivity index (χ3v) is 2.98. The number of hydrogen-bond donors (Lipinski definition) is 1. The molecule has 0 radical (unpaired) electrons. The van der Waals surface area contributed by atoms with Crippen LogP contribution in [0.25, 0.3) is 11.4 Å². The number of hydrogen-bond acceptors (Lipinski definition) is 4. The Balaban J connectivity index is 2.48. The molecule has 2 heterocycles. The smallest absolute Gasteiger partial charge is 0.339 e. The fourth-order valence-electron chi connectivity index (χ4n) is 1.70. The first-order valence-corrected chi connectivity index (χ1v) is 6.61. The van der Waals surface area contributed by atoms with E-state index in [0.717, 1.165) is 16.5 Å². The highest BCUT2D eigenvalue weighted by molar-refractivity contribution is 9.10. The summed E-state index contributed by atoms with van der Waals surface area (Å²) in [5.74, 6) is -0.510.